The molecule has 0 spiro atoms. The molecule has 2 aliphatic rings. The van der Waals surface area contributed by atoms with Crippen molar-refractivity contribution in [2.45, 2.75) is 19.8 Å². The highest BCUT2D eigenvalue weighted by Gasteiger charge is 2.32. The van der Waals surface area contributed by atoms with Crippen LogP contribution in [-0.2, 0) is 0 Å². The van der Waals surface area contributed by atoms with E-state index in [1.807, 2.05) is 28.0 Å². The highest BCUT2D eigenvalue weighted by atomic mass is 16.6. The van der Waals surface area contributed by atoms with Crippen molar-refractivity contribution in [1.29, 1.82) is 0 Å². The molecule has 2 aromatic rings. The lowest BCUT2D eigenvalue weighted by molar-refractivity contribution is -0.383. The Kier molecular flexibility index (Phi) is 5.23. The van der Waals surface area contributed by atoms with Crippen LogP contribution in [0.25, 0.3) is 0 Å². The number of aromatic nitrogens is 3. The largest absolute Gasteiger partial charge is 0.353 e. The van der Waals surface area contributed by atoms with Crippen LogP contribution in [0.15, 0.2) is 30.7 Å². The second kappa shape index (κ2) is 7.95. The van der Waals surface area contributed by atoms with E-state index in [1.54, 1.807) is 6.20 Å². The Morgan fingerprint density at radius 3 is 2.11 bits per heavy atom. The number of piperidine rings is 1. The first-order valence-corrected chi connectivity index (χ1v) is 9.78. The summed E-state index contributed by atoms with van der Waals surface area (Å²) in [4.78, 5) is 30.8. The quantitative estimate of drug-likeness (QED) is 0.587. The Balaban J connectivity index is 1.55. The van der Waals surface area contributed by atoms with Gasteiger partial charge in [0.2, 0.25) is 11.6 Å². The van der Waals surface area contributed by atoms with Crippen molar-refractivity contribution in [3.63, 3.8) is 0 Å². The number of anilines is 3. The van der Waals surface area contributed by atoms with Gasteiger partial charge in [0.05, 0.1) is 4.92 Å². The van der Waals surface area contributed by atoms with Crippen LogP contribution >= 0.6 is 0 Å². The van der Waals surface area contributed by atoms with Crippen LogP contribution < -0.4 is 14.7 Å². The summed E-state index contributed by atoms with van der Waals surface area (Å²) >= 11 is 0. The molecule has 0 saturated carbocycles. The van der Waals surface area contributed by atoms with Crippen LogP contribution in [0.5, 0.6) is 0 Å². The van der Waals surface area contributed by atoms with E-state index < -0.39 is 0 Å². The van der Waals surface area contributed by atoms with Crippen LogP contribution in [0, 0.1) is 16.0 Å². The van der Waals surface area contributed by atoms with Gasteiger partial charge >= 0.3 is 5.69 Å². The summed E-state index contributed by atoms with van der Waals surface area (Å²) in [5.74, 6) is 2.46. The Morgan fingerprint density at radius 1 is 0.929 bits per heavy atom. The minimum Gasteiger partial charge on any atom is -0.353 e. The van der Waals surface area contributed by atoms with Gasteiger partial charge in [0.15, 0.2) is 0 Å². The van der Waals surface area contributed by atoms with Gasteiger partial charge < -0.3 is 14.7 Å². The fourth-order valence-corrected chi connectivity index (χ4v) is 3.90. The first-order valence-electron chi connectivity index (χ1n) is 9.78. The van der Waals surface area contributed by atoms with Gasteiger partial charge in [-0.1, -0.05) is 13.0 Å². The van der Waals surface area contributed by atoms with E-state index in [-0.39, 0.29) is 10.6 Å². The Labute approximate surface area is 164 Å². The third-order valence-corrected chi connectivity index (χ3v) is 5.60. The zero-order chi connectivity index (χ0) is 19.5. The van der Waals surface area contributed by atoms with E-state index in [4.69, 9.17) is 0 Å². The van der Waals surface area contributed by atoms with Gasteiger partial charge in [-0.25, -0.2) is 15.0 Å². The molecule has 0 unspecified atom stereocenters. The van der Waals surface area contributed by atoms with Crippen molar-refractivity contribution >= 4 is 23.1 Å². The standard InChI is InChI=1S/C19H25N7O2/c1-15-5-8-24(9-6-15)18-17(26(27)28)19(22-14-21-18)25-12-10-23(11-13-25)16-4-2-3-7-20-16/h2-4,7,14-15H,5-6,8-13H2,1H3. The maximum atomic E-state index is 11.9. The second-order valence-electron chi connectivity index (χ2n) is 7.46. The molecule has 4 heterocycles. The predicted molar refractivity (Wildman–Crippen MR) is 108 cm³/mol. The van der Waals surface area contributed by atoms with Gasteiger partial charge in [-0.15, -0.1) is 0 Å². The molecular formula is C19H25N7O2. The lowest BCUT2D eigenvalue weighted by Crippen LogP contribution is -2.47. The van der Waals surface area contributed by atoms with E-state index in [9.17, 15) is 10.1 Å². The molecule has 9 nitrogen and oxygen atoms in total. The van der Waals surface area contributed by atoms with Crippen LogP contribution in [0.4, 0.5) is 23.1 Å². The fourth-order valence-electron chi connectivity index (χ4n) is 3.90. The van der Waals surface area contributed by atoms with Crippen molar-refractivity contribution in [3.05, 3.63) is 40.8 Å². The molecule has 2 aromatic heterocycles. The maximum absolute atomic E-state index is 11.9. The summed E-state index contributed by atoms with van der Waals surface area (Å²) in [5, 5.41) is 11.9. The minimum absolute atomic E-state index is 0.0309. The maximum Gasteiger partial charge on any atom is 0.353 e. The van der Waals surface area contributed by atoms with E-state index in [1.165, 1.54) is 6.33 Å². The predicted octanol–water partition coefficient (Wildman–Crippen LogP) is 2.34. The Morgan fingerprint density at radius 2 is 1.54 bits per heavy atom. The van der Waals surface area contributed by atoms with Crippen LogP contribution in [0.2, 0.25) is 0 Å². The summed E-state index contributed by atoms with van der Waals surface area (Å²) in [7, 11) is 0. The normalized spacial score (nSPS) is 18.4. The molecule has 0 N–H and O–H groups in total. The molecule has 0 radical (unpaired) electrons. The monoisotopic (exact) mass is 383 g/mol. The third kappa shape index (κ3) is 3.69. The third-order valence-electron chi connectivity index (χ3n) is 5.60. The number of pyridine rings is 1. The van der Waals surface area contributed by atoms with Crippen molar-refractivity contribution in [3.8, 4) is 0 Å². The van der Waals surface area contributed by atoms with Gasteiger partial charge in [-0.2, -0.15) is 0 Å². The molecule has 28 heavy (non-hydrogen) atoms. The summed E-state index contributed by atoms with van der Waals surface area (Å²) in [6.07, 6.45) is 5.29. The number of hydrogen-bond acceptors (Lipinski definition) is 8. The first-order chi connectivity index (χ1) is 13.6. The SMILES string of the molecule is CC1CCN(c2ncnc(N3CCN(c4ccccn4)CC3)c2[N+](=O)[O-])CC1. The van der Waals surface area contributed by atoms with E-state index in [2.05, 4.69) is 26.8 Å². The summed E-state index contributed by atoms with van der Waals surface area (Å²) in [6, 6.07) is 5.85. The number of nitrogens with zero attached hydrogens (tertiary/aromatic N) is 7. The highest BCUT2D eigenvalue weighted by molar-refractivity contribution is 5.71. The number of piperazine rings is 1. The molecule has 4 rings (SSSR count). The van der Waals surface area contributed by atoms with Gasteiger partial charge in [0.25, 0.3) is 0 Å². The fraction of sp³-hybridized carbons (Fsp3) is 0.526. The van der Waals surface area contributed by atoms with Gasteiger partial charge in [0, 0.05) is 45.5 Å². The molecular weight excluding hydrogens is 358 g/mol. The Bertz CT molecular complexity index is 816. The molecule has 0 aliphatic carbocycles. The zero-order valence-electron chi connectivity index (χ0n) is 16.1. The van der Waals surface area contributed by atoms with Crippen molar-refractivity contribution in [2.75, 3.05) is 54.0 Å². The molecule has 2 aliphatic heterocycles. The molecule has 0 amide bonds. The summed E-state index contributed by atoms with van der Waals surface area (Å²) in [5.41, 5.74) is 0.0309. The average molecular weight is 383 g/mol. The van der Waals surface area contributed by atoms with Crippen molar-refractivity contribution < 1.29 is 4.92 Å². The summed E-state index contributed by atoms with van der Waals surface area (Å²) < 4.78 is 0. The highest BCUT2D eigenvalue weighted by Crippen LogP contribution is 2.36. The lowest BCUT2D eigenvalue weighted by Gasteiger charge is -2.36. The van der Waals surface area contributed by atoms with Crippen molar-refractivity contribution in [2.24, 2.45) is 5.92 Å². The molecule has 0 aromatic carbocycles. The minimum atomic E-state index is -0.326. The molecule has 2 fully saturated rings. The number of hydrogen-bond donors (Lipinski definition) is 0. The van der Waals surface area contributed by atoms with E-state index in [0.29, 0.717) is 30.6 Å². The van der Waals surface area contributed by atoms with Crippen LogP contribution in [0.1, 0.15) is 19.8 Å². The smallest absolute Gasteiger partial charge is 0.353 e. The lowest BCUT2D eigenvalue weighted by atomic mass is 9.99. The van der Waals surface area contributed by atoms with Gasteiger partial charge in [-0.05, 0) is 30.9 Å². The zero-order valence-corrected chi connectivity index (χ0v) is 16.1. The second-order valence-corrected chi connectivity index (χ2v) is 7.46. The topological polar surface area (TPSA) is 91.5 Å². The molecule has 9 heteroatoms. The molecule has 148 valence electrons. The average Bonchev–Trinajstić information content (AvgIpc) is 2.74. The molecule has 2 saturated heterocycles. The summed E-state index contributed by atoms with van der Waals surface area (Å²) in [6.45, 7) is 6.62. The van der Waals surface area contributed by atoms with Crippen molar-refractivity contribution in [1.82, 2.24) is 15.0 Å². The van der Waals surface area contributed by atoms with E-state index >= 15 is 0 Å². The number of nitro groups is 1. The Hall–Kier alpha value is -2.97. The van der Waals surface area contributed by atoms with Crippen LogP contribution in [-0.4, -0.2) is 59.1 Å². The van der Waals surface area contributed by atoms with Crippen LogP contribution in [0.3, 0.4) is 0 Å². The molecule has 0 bridgehead atoms. The van der Waals surface area contributed by atoms with Gasteiger partial charge in [0.1, 0.15) is 12.1 Å². The number of rotatable bonds is 4. The first kappa shape index (κ1) is 18.4. The molecule has 0 atom stereocenters. The van der Waals surface area contributed by atoms with Gasteiger partial charge in [-0.3, -0.25) is 10.1 Å². The van der Waals surface area contributed by atoms with E-state index in [0.717, 1.165) is 44.8 Å².